The lowest BCUT2D eigenvalue weighted by atomic mass is 9.94. The lowest BCUT2D eigenvalue weighted by Crippen LogP contribution is -2.37. The van der Waals surface area contributed by atoms with Gasteiger partial charge in [0.05, 0.1) is 38.1 Å². The van der Waals surface area contributed by atoms with E-state index in [2.05, 4.69) is 26.3 Å². The van der Waals surface area contributed by atoms with Crippen molar-refractivity contribution in [3.63, 3.8) is 0 Å². The van der Waals surface area contributed by atoms with Gasteiger partial charge in [-0.05, 0) is 42.5 Å². The van der Waals surface area contributed by atoms with E-state index in [1.807, 2.05) is 30.5 Å². The minimum absolute atomic E-state index is 0.0874. The molecule has 34 heavy (non-hydrogen) atoms. The lowest BCUT2D eigenvalue weighted by Gasteiger charge is -2.26. The number of fused-ring (bicyclic) bond motifs is 2. The van der Waals surface area contributed by atoms with Crippen molar-refractivity contribution in [1.29, 1.82) is 0 Å². The Bertz CT molecular complexity index is 1200. The third-order valence-electron chi connectivity index (χ3n) is 6.29. The molecule has 1 fully saturated rings. The quantitative estimate of drug-likeness (QED) is 0.387. The number of aromatic nitrogens is 2. The second-order valence-corrected chi connectivity index (χ2v) is 9.19. The summed E-state index contributed by atoms with van der Waals surface area (Å²) in [7, 11) is 1.62. The average molecular weight is 481 g/mol. The summed E-state index contributed by atoms with van der Waals surface area (Å²) in [5.74, 6) is 0.655. The zero-order valence-corrected chi connectivity index (χ0v) is 20.2. The Morgan fingerprint density at radius 1 is 1.18 bits per heavy atom. The van der Waals surface area contributed by atoms with E-state index in [4.69, 9.17) is 14.2 Å². The highest BCUT2D eigenvalue weighted by Gasteiger charge is 2.34. The zero-order chi connectivity index (χ0) is 23.5. The highest BCUT2D eigenvalue weighted by molar-refractivity contribution is 7.98. The number of anilines is 1. The summed E-state index contributed by atoms with van der Waals surface area (Å²) in [6, 6.07) is 9.77. The fourth-order valence-electron chi connectivity index (χ4n) is 4.52. The van der Waals surface area contributed by atoms with Crippen LogP contribution in [0.2, 0.25) is 0 Å². The molecule has 1 saturated heterocycles. The third-order valence-corrected chi connectivity index (χ3v) is 7.02. The van der Waals surface area contributed by atoms with Crippen molar-refractivity contribution in [2.45, 2.75) is 17.2 Å². The number of benzene rings is 2. The van der Waals surface area contributed by atoms with Gasteiger partial charge < -0.3 is 19.5 Å². The molecule has 0 aliphatic carbocycles. The Hall–Kier alpha value is -2.88. The van der Waals surface area contributed by atoms with Crippen molar-refractivity contribution in [2.75, 3.05) is 58.1 Å². The Labute approximate surface area is 203 Å². The molecule has 0 radical (unpaired) electrons. The molecule has 2 aliphatic heterocycles. The summed E-state index contributed by atoms with van der Waals surface area (Å²) in [4.78, 5) is 25.4. The molecular formula is C25H28N4O4S. The van der Waals surface area contributed by atoms with Gasteiger partial charge in [0.1, 0.15) is 12.2 Å². The molecular weight excluding hydrogens is 452 g/mol. The monoisotopic (exact) mass is 480 g/mol. The fourth-order valence-corrected chi connectivity index (χ4v) is 4.97. The van der Waals surface area contributed by atoms with Crippen LogP contribution in [0.15, 0.2) is 41.6 Å². The van der Waals surface area contributed by atoms with Gasteiger partial charge in [0, 0.05) is 41.7 Å². The molecule has 2 aliphatic rings. The molecule has 0 saturated carbocycles. The summed E-state index contributed by atoms with van der Waals surface area (Å²) in [5, 5.41) is 3.77. The van der Waals surface area contributed by atoms with E-state index in [1.165, 1.54) is 6.33 Å². The predicted molar refractivity (Wildman–Crippen MR) is 132 cm³/mol. The third kappa shape index (κ3) is 4.55. The highest BCUT2D eigenvalue weighted by atomic mass is 32.2. The molecule has 8 nitrogen and oxygen atoms in total. The van der Waals surface area contributed by atoms with E-state index in [0.717, 1.165) is 66.3 Å². The molecule has 1 aromatic heterocycles. The normalized spacial score (nSPS) is 18.1. The molecule has 1 unspecified atom stereocenters. The van der Waals surface area contributed by atoms with E-state index in [0.29, 0.717) is 23.8 Å². The van der Waals surface area contributed by atoms with Crippen molar-refractivity contribution >= 4 is 34.3 Å². The first-order valence-electron chi connectivity index (χ1n) is 11.4. The number of thioether (sulfide) groups is 1. The van der Waals surface area contributed by atoms with Crippen LogP contribution in [-0.4, -0.2) is 73.6 Å². The largest absolute Gasteiger partial charge is 0.493 e. The van der Waals surface area contributed by atoms with Gasteiger partial charge in [0.15, 0.2) is 11.5 Å². The predicted octanol–water partition coefficient (Wildman–Crippen LogP) is 3.55. The topological polar surface area (TPSA) is 85.8 Å². The van der Waals surface area contributed by atoms with Crippen LogP contribution in [-0.2, 0) is 9.53 Å². The van der Waals surface area contributed by atoms with Crippen LogP contribution in [0.25, 0.3) is 10.9 Å². The molecule has 0 bridgehead atoms. The van der Waals surface area contributed by atoms with Gasteiger partial charge in [0.25, 0.3) is 0 Å². The van der Waals surface area contributed by atoms with Gasteiger partial charge in [-0.25, -0.2) is 9.97 Å². The van der Waals surface area contributed by atoms with Gasteiger partial charge in [-0.2, -0.15) is 0 Å². The summed E-state index contributed by atoms with van der Waals surface area (Å²) in [6.45, 7) is 5.07. The first-order chi connectivity index (χ1) is 16.7. The highest BCUT2D eigenvalue weighted by Crippen LogP contribution is 2.42. The fraction of sp³-hybridized carbons (Fsp3) is 0.400. The van der Waals surface area contributed by atoms with Crippen LogP contribution in [0.4, 0.5) is 5.69 Å². The molecule has 178 valence electrons. The number of carbonyl (C=O) groups excluding carboxylic acids is 1. The molecule has 2 aromatic carbocycles. The minimum atomic E-state index is -0.502. The van der Waals surface area contributed by atoms with Crippen LogP contribution < -0.4 is 14.8 Å². The standard InChI is InChI=1S/C25H28N4O4S/c1-31-21-13-18-20(14-22(21)33-9-3-6-29-7-10-32-11-8-29)26-15-27-24(18)23-17-12-16(34-2)4-5-19(17)28-25(23)30/h4-5,12-15,23H,3,6-11H2,1-2H3,(H,28,30). The number of rotatable bonds is 8. The Morgan fingerprint density at radius 3 is 2.82 bits per heavy atom. The number of amides is 1. The SMILES string of the molecule is COc1cc2c(C3C(=O)Nc4ccc(SC)cc43)ncnc2cc1OCCCN1CCOCC1. The first kappa shape index (κ1) is 22.9. The average Bonchev–Trinajstić information content (AvgIpc) is 3.20. The Kier molecular flexibility index (Phi) is 6.85. The van der Waals surface area contributed by atoms with Crippen LogP contribution in [0.5, 0.6) is 11.5 Å². The molecule has 0 spiro atoms. The number of nitrogens with one attached hydrogen (secondary N) is 1. The van der Waals surface area contributed by atoms with Crippen molar-refractivity contribution in [3.8, 4) is 11.5 Å². The van der Waals surface area contributed by atoms with Gasteiger partial charge in [0.2, 0.25) is 5.91 Å². The van der Waals surface area contributed by atoms with E-state index in [1.54, 1.807) is 18.9 Å². The van der Waals surface area contributed by atoms with Crippen LogP contribution in [0.1, 0.15) is 23.6 Å². The first-order valence-corrected chi connectivity index (χ1v) is 12.6. The van der Waals surface area contributed by atoms with Crippen LogP contribution in [0, 0.1) is 0 Å². The number of hydrogen-bond acceptors (Lipinski definition) is 8. The van der Waals surface area contributed by atoms with Gasteiger partial charge in [-0.15, -0.1) is 11.8 Å². The summed E-state index contributed by atoms with van der Waals surface area (Å²) >= 11 is 1.65. The summed E-state index contributed by atoms with van der Waals surface area (Å²) in [5.41, 5.74) is 3.14. The van der Waals surface area contributed by atoms with Crippen molar-refractivity contribution < 1.29 is 19.0 Å². The van der Waals surface area contributed by atoms with E-state index >= 15 is 0 Å². The number of hydrogen-bond donors (Lipinski definition) is 1. The van der Waals surface area contributed by atoms with Gasteiger partial charge >= 0.3 is 0 Å². The number of methoxy groups -OCH3 is 1. The summed E-state index contributed by atoms with van der Waals surface area (Å²) < 4.78 is 17.1. The minimum Gasteiger partial charge on any atom is -0.493 e. The smallest absolute Gasteiger partial charge is 0.238 e. The molecule has 1 atom stereocenters. The van der Waals surface area contributed by atoms with Gasteiger partial charge in [-0.3, -0.25) is 9.69 Å². The lowest BCUT2D eigenvalue weighted by molar-refractivity contribution is -0.116. The second kappa shape index (κ2) is 10.2. The van der Waals surface area contributed by atoms with Crippen LogP contribution in [0.3, 0.4) is 0 Å². The number of carbonyl (C=O) groups is 1. The second-order valence-electron chi connectivity index (χ2n) is 8.31. The van der Waals surface area contributed by atoms with Crippen LogP contribution >= 0.6 is 11.8 Å². The number of nitrogens with zero attached hydrogens (tertiary/aromatic N) is 3. The van der Waals surface area contributed by atoms with Crippen molar-refractivity contribution in [2.24, 2.45) is 0 Å². The van der Waals surface area contributed by atoms with Crippen molar-refractivity contribution in [1.82, 2.24) is 14.9 Å². The molecule has 1 amide bonds. The zero-order valence-electron chi connectivity index (χ0n) is 19.4. The van der Waals surface area contributed by atoms with E-state index in [9.17, 15) is 4.79 Å². The molecule has 3 aromatic rings. The maximum absolute atomic E-state index is 13.0. The number of ether oxygens (including phenoxy) is 3. The Balaban J connectivity index is 1.40. The Morgan fingerprint density at radius 2 is 2.03 bits per heavy atom. The molecule has 5 rings (SSSR count). The maximum Gasteiger partial charge on any atom is 0.238 e. The van der Waals surface area contributed by atoms with Crippen molar-refractivity contribution in [3.05, 3.63) is 47.9 Å². The summed E-state index contributed by atoms with van der Waals surface area (Å²) in [6.07, 6.45) is 4.44. The molecule has 3 heterocycles. The number of morpholine rings is 1. The van der Waals surface area contributed by atoms with E-state index in [-0.39, 0.29) is 5.91 Å². The van der Waals surface area contributed by atoms with E-state index < -0.39 is 5.92 Å². The maximum atomic E-state index is 13.0. The van der Waals surface area contributed by atoms with Gasteiger partial charge in [-0.1, -0.05) is 0 Å². The molecule has 1 N–H and O–H groups in total. The molecule has 9 heteroatoms.